The van der Waals surface area contributed by atoms with Crippen molar-refractivity contribution in [2.45, 2.75) is 46.7 Å². The van der Waals surface area contributed by atoms with Crippen LogP contribution in [0.15, 0.2) is 48.5 Å². The highest BCUT2D eigenvalue weighted by atomic mass is 32.2. The van der Waals surface area contributed by atoms with Gasteiger partial charge in [-0.1, -0.05) is 31.2 Å². The topological polar surface area (TPSA) is 69.7 Å². The summed E-state index contributed by atoms with van der Waals surface area (Å²) in [6.07, 6.45) is 1.50. The van der Waals surface area contributed by atoms with Gasteiger partial charge in [0.1, 0.15) is 6.04 Å². The molecule has 0 aliphatic heterocycles. The highest BCUT2D eigenvalue weighted by Gasteiger charge is 2.31. The third-order valence-electron chi connectivity index (χ3n) is 5.12. The molecule has 0 saturated carbocycles. The van der Waals surface area contributed by atoms with E-state index in [2.05, 4.69) is 24.1 Å². The minimum atomic E-state index is -3.63. The van der Waals surface area contributed by atoms with Gasteiger partial charge in [-0.25, -0.2) is 8.42 Å². The average Bonchev–Trinajstić information content (AvgIpc) is 2.71. The SMILES string of the molecule is CC[C@H](C(=O)NCc1ccc(N(CC)CC)cc1)N(c1cccc(C)c1)S(C)(=O)=O. The quantitative estimate of drug-likeness (QED) is 0.623. The minimum absolute atomic E-state index is 0.308. The van der Waals surface area contributed by atoms with Gasteiger partial charge in [0, 0.05) is 25.3 Å². The number of carbonyl (C=O) groups excluding carboxylic acids is 1. The van der Waals surface area contributed by atoms with Gasteiger partial charge in [0.05, 0.1) is 11.9 Å². The van der Waals surface area contributed by atoms with E-state index in [9.17, 15) is 13.2 Å². The summed E-state index contributed by atoms with van der Waals surface area (Å²) in [6, 6.07) is 14.4. The van der Waals surface area contributed by atoms with E-state index in [0.717, 1.165) is 36.2 Å². The molecule has 1 atom stereocenters. The standard InChI is InChI=1S/C23H33N3O3S/c1-6-22(26(30(5,28)29)21-11-9-10-18(4)16-21)23(27)24-17-19-12-14-20(15-13-19)25(7-2)8-3/h9-16,22H,6-8,17H2,1-5H3,(H,24,27)/t22-/m1/s1. The van der Waals surface area contributed by atoms with E-state index in [1.165, 1.54) is 4.31 Å². The van der Waals surface area contributed by atoms with Crippen LogP contribution < -0.4 is 14.5 Å². The van der Waals surface area contributed by atoms with Crippen LogP contribution in [-0.4, -0.2) is 39.7 Å². The Morgan fingerprint density at radius 1 is 1.00 bits per heavy atom. The maximum absolute atomic E-state index is 12.9. The lowest BCUT2D eigenvalue weighted by molar-refractivity contribution is -0.122. The molecule has 0 aromatic heterocycles. The van der Waals surface area contributed by atoms with Gasteiger partial charge in [-0.2, -0.15) is 0 Å². The summed E-state index contributed by atoms with van der Waals surface area (Å²) in [7, 11) is -3.63. The lowest BCUT2D eigenvalue weighted by atomic mass is 10.1. The molecule has 1 amide bonds. The molecule has 30 heavy (non-hydrogen) atoms. The monoisotopic (exact) mass is 431 g/mol. The van der Waals surface area contributed by atoms with Crippen molar-refractivity contribution in [1.82, 2.24) is 5.32 Å². The number of nitrogens with zero attached hydrogens (tertiary/aromatic N) is 2. The summed E-state index contributed by atoms with van der Waals surface area (Å²) in [4.78, 5) is 15.2. The normalized spacial score (nSPS) is 12.3. The van der Waals surface area contributed by atoms with Crippen molar-refractivity contribution >= 4 is 27.3 Å². The fourth-order valence-electron chi connectivity index (χ4n) is 3.55. The van der Waals surface area contributed by atoms with Crippen LogP contribution in [0.25, 0.3) is 0 Å². The highest BCUT2D eigenvalue weighted by molar-refractivity contribution is 7.92. The summed E-state index contributed by atoms with van der Waals surface area (Å²) < 4.78 is 26.3. The van der Waals surface area contributed by atoms with Crippen LogP contribution in [0.1, 0.15) is 38.3 Å². The number of amides is 1. The number of aryl methyl sites for hydroxylation is 1. The molecule has 0 aliphatic carbocycles. The maximum Gasteiger partial charge on any atom is 0.244 e. The van der Waals surface area contributed by atoms with Crippen LogP contribution >= 0.6 is 0 Å². The van der Waals surface area contributed by atoms with E-state index < -0.39 is 16.1 Å². The fraction of sp³-hybridized carbons (Fsp3) is 0.435. The molecule has 0 heterocycles. The first kappa shape index (κ1) is 23.7. The molecule has 0 fully saturated rings. The first-order valence-corrected chi connectivity index (χ1v) is 12.2. The summed E-state index contributed by atoms with van der Waals surface area (Å²) >= 11 is 0. The Hall–Kier alpha value is -2.54. The molecule has 0 radical (unpaired) electrons. The maximum atomic E-state index is 12.9. The molecule has 1 N–H and O–H groups in total. The molecule has 0 unspecified atom stereocenters. The summed E-state index contributed by atoms with van der Waals surface area (Å²) in [5, 5.41) is 2.90. The number of rotatable bonds is 10. The molecule has 2 rings (SSSR count). The third-order valence-corrected chi connectivity index (χ3v) is 6.30. The molecule has 164 valence electrons. The molecule has 7 heteroatoms. The Morgan fingerprint density at radius 2 is 1.63 bits per heavy atom. The molecular formula is C23H33N3O3S. The molecule has 0 aliphatic rings. The Balaban J connectivity index is 2.16. The van der Waals surface area contributed by atoms with Gasteiger partial charge in [-0.3, -0.25) is 9.10 Å². The highest BCUT2D eigenvalue weighted by Crippen LogP contribution is 2.23. The smallest absolute Gasteiger partial charge is 0.244 e. The lowest BCUT2D eigenvalue weighted by Crippen LogP contribution is -2.49. The molecule has 2 aromatic rings. The van der Waals surface area contributed by atoms with Crippen molar-refractivity contribution in [3.05, 3.63) is 59.7 Å². The van der Waals surface area contributed by atoms with Crippen LogP contribution in [0.4, 0.5) is 11.4 Å². The predicted molar refractivity (Wildman–Crippen MR) is 124 cm³/mol. The summed E-state index contributed by atoms with van der Waals surface area (Å²) in [5.41, 5.74) is 3.55. The summed E-state index contributed by atoms with van der Waals surface area (Å²) in [5.74, 6) is -0.308. The second-order valence-electron chi connectivity index (χ2n) is 7.38. The largest absolute Gasteiger partial charge is 0.372 e. The number of hydrogen-bond acceptors (Lipinski definition) is 4. The number of sulfonamides is 1. The number of carbonyl (C=O) groups is 1. The molecule has 2 aromatic carbocycles. The van der Waals surface area contributed by atoms with Gasteiger partial charge in [-0.15, -0.1) is 0 Å². The van der Waals surface area contributed by atoms with E-state index in [-0.39, 0.29) is 5.91 Å². The van der Waals surface area contributed by atoms with E-state index >= 15 is 0 Å². The van der Waals surface area contributed by atoms with Crippen molar-refractivity contribution in [2.24, 2.45) is 0 Å². The number of anilines is 2. The van der Waals surface area contributed by atoms with E-state index in [4.69, 9.17) is 0 Å². The molecule has 0 saturated heterocycles. The molecule has 0 bridgehead atoms. The third kappa shape index (κ3) is 5.98. The van der Waals surface area contributed by atoms with Crippen molar-refractivity contribution in [1.29, 1.82) is 0 Å². The zero-order valence-electron chi connectivity index (χ0n) is 18.6. The first-order chi connectivity index (χ1) is 14.2. The van der Waals surface area contributed by atoms with Crippen LogP contribution in [0.3, 0.4) is 0 Å². The van der Waals surface area contributed by atoms with Crippen molar-refractivity contribution in [3.63, 3.8) is 0 Å². The molecule has 6 nitrogen and oxygen atoms in total. The van der Waals surface area contributed by atoms with Gasteiger partial charge in [0.2, 0.25) is 15.9 Å². The van der Waals surface area contributed by atoms with Crippen LogP contribution in [0, 0.1) is 6.92 Å². The van der Waals surface area contributed by atoms with Crippen LogP contribution in [0.2, 0.25) is 0 Å². The van der Waals surface area contributed by atoms with Gasteiger partial charge in [0.15, 0.2) is 0 Å². The Morgan fingerprint density at radius 3 is 2.13 bits per heavy atom. The zero-order chi connectivity index (χ0) is 22.3. The zero-order valence-corrected chi connectivity index (χ0v) is 19.4. The van der Waals surface area contributed by atoms with E-state index in [0.29, 0.717) is 18.7 Å². The first-order valence-electron chi connectivity index (χ1n) is 10.4. The Bertz CT molecular complexity index is 938. The lowest BCUT2D eigenvalue weighted by Gasteiger charge is -2.30. The number of hydrogen-bond donors (Lipinski definition) is 1. The second-order valence-corrected chi connectivity index (χ2v) is 9.24. The van der Waals surface area contributed by atoms with Gasteiger partial charge in [0.25, 0.3) is 0 Å². The Labute approximate surface area is 180 Å². The average molecular weight is 432 g/mol. The van der Waals surface area contributed by atoms with Gasteiger partial charge >= 0.3 is 0 Å². The van der Waals surface area contributed by atoms with Crippen molar-refractivity contribution in [3.8, 4) is 0 Å². The summed E-state index contributed by atoms with van der Waals surface area (Å²) in [6.45, 7) is 10.2. The molecular weight excluding hydrogens is 398 g/mol. The second kappa shape index (κ2) is 10.5. The van der Waals surface area contributed by atoms with Crippen LogP contribution in [-0.2, 0) is 21.4 Å². The van der Waals surface area contributed by atoms with Gasteiger partial charge in [-0.05, 0) is 62.6 Å². The van der Waals surface area contributed by atoms with Crippen molar-refractivity contribution < 1.29 is 13.2 Å². The van der Waals surface area contributed by atoms with E-state index in [1.54, 1.807) is 18.2 Å². The number of nitrogens with one attached hydrogen (secondary N) is 1. The predicted octanol–water partition coefficient (Wildman–Crippen LogP) is 3.70. The minimum Gasteiger partial charge on any atom is -0.372 e. The fourth-order valence-corrected chi connectivity index (χ4v) is 4.75. The van der Waals surface area contributed by atoms with Crippen molar-refractivity contribution in [2.75, 3.05) is 28.6 Å². The number of benzene rings is 2. The molecule has 0 spiro atoms. The van der Waals surface area contributed by atoms with Gasteiger partial charge < -0.3 is 10.2 Å². The Kier molecular flexibility index (Phi) is 8.29. The van der Waals surface area contributed by atoms with Crippen LogP contribution in [0.5, 0.6) is 0 Å². The van der Waals surface area contributed by atoms with E-state index in [1.807, 2.05) is 44.2 Å².